The average Bonchev–Trinajstić information content (AvgIpc) is 2.49. The Morgan fingerprint density at radius 2 is 2.27 bits per heavy atom. The van der Waals surface area contributed by atoms with Gasteiger partial charge < -0.3 is 11.1 Å². The van der Waals surface area contributed by atoms with Crippen molar-refractivity contribution in [1.82, 2.24) is 5.32 Å². The quantitative estimate of drug-likeness (QED) is 0.667. The Bertz CT molecular complexity index is 420. The van der Waals surface area contributed by atoms with E-state index in [1.165, 1.54) is 4.88 Å². The molecule has 5 nitrogen and oxygen atoms in total. The van der Waals surface area contributed by atoms with Crippen LogP contribution in [0.15, 0.2) is 22.1 Å². The number of hydrogen-bond acceptors (Lipinski definition) is 6. The van der Waals surface area contributed by atoms with Gasteiger partial charge >= 0.3 is 0 Å². The number of guanidine groups is 2. The molecule has 2 rings (SSSR count). The Kier molecular flexibility index (Phi) is 2.59. The van der Waals surface area contributed by atoms with Crippen LogP contribution < -0.4 is 16.4 Å². The second-order valence-corrected chi connectivity index (χ2v) is 4.57. The van der Waals surface area contributed by atoms with Gasteiger partial charge in [-0.25, -0.2) is 9.98 Å². The summed E-state index contributed by atoms with van der Waals surface area (Å²) in [5.74, 6) is 1.05. The van der Waals surface area contributed by atoms with Crippen molar-refractivity contribution >= 4 is 28.3 Å². The minimum atomic E-state index is -0.130. The van der Waals surface area contributed by atoms with Crippen LogP contribution in [-0.2, 0) is 0 Å². The lowest BCUT2D eigenvalue weighted by Crippen LogP contribution is -2.44. The molecular formula is C9H13N5S. The summed E-state index contributed by atoms with van der Waals surface area (Å²) < 4.78 is 0. The molecule has 0 radical (unpaired) electrons. The second kappa shape index (κ2) is 3.90. The van der Waals surface area contributed by atoms with E-state index in [9.17, 15) is 0 Å². The maximum atomic E-state index is 5.60. The third-order valence-corrected chi connectivity index (χ3v) is 2.79. The third kappa shape index (κ3) is 2.47. The number of nitrogens with zero attached hydrogens (tertiary/aromatic N) is 2. The molecule has 1 aromatic heterocycles. The van der Waals surface area contributed by atoms with Gasteiger partial charge in [-0.2, -0.15) is 0 Å². The molecule has 1 aliphatic rings. The van der Waals surface area contributed by atoms with E-state index in [1.54, 1.807) is 11.3 Å². The van der Waals surface area contributed by atoms with Crippen LogP contribution in [0.4, 0.5) is 5.00 Å². The number of hydrogen-bond donors (Lipinski definition) is 3. The maximum absolute atomic E-state index is 5.60. The molecule has 80 valence electrons. The molecule has 0 saturated heterocycles. The molecule has 15 heavy (non-hydrogen) atoms. The van der Waals surface area contributed by atoms with Crippen LogP contribution in [0.2, 0.25) is 0 Å². The van der Waals surface area contributed by atoms with Crippen LogP contribution in [0.1, 0.15) is 11.8 Å². The molecule has 0 aromatic carbocycles. The van der Waals surface area contributed by atoms with Crippen molar-refractivity contribution in [1.29, 1.82) is 0 Å². The molecule has 4 N–H and O–H groups in total. The van der Waals surface area contributed by atoms with Gasteiger partial charge in [0, 0.05) is 4.88 Å². The Balaban J connectivity index is 2.07. The molecule has 0 aliphatic carbocycles. The standard InChI is InChI=1S/C9H13N5S/c1-5-3-4-7(15-5)13-9-12-6(2)11-8(10)14-9/h3-4,6H,1-2H3,(H4,10,11,12,13,14). The molecule has 0 amide bonds. The lowest BCUT2D eigenvalue weighted by Gasteiger charge is -2.16. The Morgan fingerprint density at radius 3 is 2.87 bits per heavy atom. The zero-order valence-corrected chi connectivity index (χ0v) is 9.43. The molecule has 1 unspecified atom stereocenters. The summed E-state index contributed by atoms with van der Waals surface area (Å²) in [6, 6.07) is 4.06. The Hall–Kier alpha value is -1.56. The molecule has 0 spiro atoms. The first-order valence-electron chi connectivity index (χ1n) is 4.65. The highest BCUT2D eigenvalue weighted by Crippen LogP contribution is 2.20. The molecule has 0 bridgehead atoms. The van der Waals surface area contributed by atoms with Gasteiger partial charge in [0.25, 0.3) is 0 Å². The third-order valence-electron chi connectivity index (χ3n) is 1.87. The maximum Gasteiger partial charge on any atom is 0.205 e. The minimum Gasteiger partial charge on any atom is -0.370 e. The highest BCUT2D eigenvalue weighted by atomic mass is 32.1. The van der Waals surface area contributed by atoms with Crippen molar-refractivity contribution in [3.05, 3.63) is 17.0 Å². The number of nitrogens with one attached hydrogen (secondary N) is 2. The van der Waals surface area contributed by atoms with Gasteiger partial charge in [-0.1, -0.05) is 0 Å². The van der Waals surface area contributed by atoms with Crippen molar-refractivity contribution in [2.45, 2.75) is 20.0 Å². The fourth-order valence-corrected chi connectivity index (χ4v) is 2.05. The summed E-state index contributed by atoms with van der Waals surface area (Å²) in [4.78, 5) is 9.56. The van der Waals surface area contributed by atoms with Crippen LogP contribution in [-0.4, -0.2) is 18.1 Å². The fraction of sp³-hybridized carbons (Fsp3) is 0.333. The van der Waals surface area contributed by atoms with Crippen LogP contribution in [0.5, 0.6) is 0 Å². The van der Waals surface area contributed by atoms with Crippen molar-refractivity contribution in [2.75, 3.05) is 5.32 Å². The molecule has 1 atom stereocenters. The lowest BCUT2D eigenvalue weighted by molar-refractivity contribution is 0.766. The van der Waals surface area contributed by atoms with E-state index < -0.39 is 0 Å². The molecule has 6 heteroatoms. The molecule has 0 saturated carbocycles. The molecule has 2 heterocycles. The first-order valence-corrected chi connectivity index (χ1v) is 5.47. The van der Waals surface area contributed by atoms with Gasteiger partial charge in [-0.15, -0.1) is 11.3 Å². The predicted molar refractivity (Wildman–Crippen MR) is 64.3 cm³/mol. The number of anilines is 1. The molecule has 1 aliphatic heterocycles. The Morgan fingerprint density at radius 1 is 1.47 bits per heavy atom. The van der Waals surface area contributed by atoms with E-state index in [0.29, 0.717) is 11.9 Å². The summed E-state index contributed by atoms with van der Waals surface area (Å²) in [7, 11) is 0. The van der Waals surface area contributed by atoms with Gasteiger partial charge in [0.2, 0.25) is 5.96 Å². The van der Waals surface area contributed by atoms with Crippen molar-refractivity contribution in [3.63, 3.8) is 0 Å². The first kappa shape index (κ1) is 9.97. The number of rotatable bonds is 1. The summed E-state index contributed by atoms with van der Waals surface area (Å²) in [5, 5.41) is 7.08. The van der Waals surface area contributed by atoms with E-state index in [4.69, 9.17) is 5.73 Å². The average molecular weight is 223 g/mol. The SMILES string of the molecule is Cc1ccc(NC2=NC(C)N=C(N)N2)s1. The van der Waals surface area contributed by atoms with E-state index in [0.717, 1.165) is 5.00 Å². The van der Waals surface area contributed by atoms with E-state index in [1.807, 2.05) is 13.0 Å². The van der Waals surface area contributed by atoms with E-state index >= 15 is 0 Å². The first-order chi connectivity index (χ1) is 7.13. The highest BCUT2D eigenvalue weighted by Gasteiger charge is 2.11. The lowest BCUT2D eigenvalue weighted by atomic mass is 10.5. The number of aliphatic imine (C=N–C) groups is 2. The highest BCUT2D eigenvalue weighted by molar-refractivity contribution is 7.16. The minimum absolute atomic E-state index is 0.130. The van der Waals surface area contributed by atoms with Crippen molar-refractivity contribution in [2.24, 2.45) is 15.7 Å². The summed E-state index contributed by atoms with van der Waals surface area (Å²) >= 11 is 1.67. The molecule has 0 fully saturated rings. The number of nitrogens with two attached hydrogens (primary N) is 1. The predicted octanol–water partition coefficient (Wildman–Crippen LogP) is 1.09. The summed E-state index contributed by atoms with van der Waals surface area (Å²) in [5.41, 5.74) is 5.60. The normalized spacial score (nSPS) is 20.3. The topological polar surface area (TPSA) is 74.8 Å². The Labute approximate surface area is 92.1 Å². The number of thiophene rings is 1. The van der Waals surface area contributed by atoms with Crippen molar-refractivity contribution < 1.29 is 0 Å². The van der Waals surface area contributed by atoms with Crippen LogP contribution in [0.25, 0.3) is 0 Å². The van der Waals surface area contributed by atoms with Gasteiger partial charge in [0.1, 0.15) is 6.17 Å². The summed E-state index contributed by atoms with van der Waals surface area (Å²) in [6.45, 7) is 3.94. The number of aryl methyl sites for hydroxylation is 1. The van der Waals surface area contributed by atoms with Crippen LogP contribution >= 0.6 is 11.3 Å². The van der Waals surface area contributed by atoms with E-state index in [2.05, 4.69) is 33.6 Å². The van der Waals surface area contributed by atoms with Crippen LogP contribution in [0, 0.1) is 6.92 Å². The van der Waals surface area contributed by atoms with Gasteiger partial charge in [0.05, 0.1) is 5.00 Å². The van der Waals surface area contributed by atoms with Crippen LogP contribution in [0.3, 0.4) is 0 Å². The smallest absolute Gasteiger partial charge is 0.205 e. The molecular weight excluding hydrogens is 210 g/mol. The molecule has 1 aromatic rings. The van der Waals surface area contributed by atoms with Crippen molar-refractivity contribution in [3.8, 4) is 0 Å². The largest absolute Gasteiger partial charge is 0.370 e. The van der Waals surface area contributed by atoms with Gasteiger partial charge in [0.15, 0.2) is 5.96 Å². The monoisotopic (exact) mass is 223 g/mol. The zero-order valence-electron chi connectivity index (χ0n) is 8.61. The van der Waals surface area contributed by atoms with E-state index in [-0.39, 0.29) is 6.17 Å². The zero-order chi connectivity index (χ0) is 10.8. The second-order valence-electron chi connectivity index (χ2n) is 3.28. The van der Waals surface area contributed by atoms with Gasteiger partial charge in [-0.3, -0.25) is 5.32 Å². The fourth-order valence-electron chi connectivity index (χ4n) is 1.28. The van der Waals surface area contributed by atoms with Gasteiger partial charge in [-0.05, 0) is 26.0 Å². The summed E-state index contributed by atoms with van der Waals surface area (Å²) in [6.07, 6.45) is -0.130.